The lowest BCUT2D eigenvalue weighted by Crippen LogP contribution is -2.35. The summed E-state index contributed by atoms with van der Waals surface area (Å²) < 4.78 is 20.0. The summed E-state index contributed by atoms with van der Waals surface area (Å²) in [4.78, 5) is 11.5. The van der Waals surface area contributed by atoms with Gasteiger partial charge in [0.15, 0.2) is 0 Å². The van der Waals surface area contributed by atoms with Crippen molar-refractivity contribution in [3.8, 4) is 0 Å². The normalized spacial score (nSPS) is 24.6. The molecule has 0 amide bonds. The van der Waals surface area contributed by atoms with Gasteiger partial charge in [0.2, 0.25) is 0 Å². The first-order chi connectivity index (χ1) is 7.75. The lowest BCUT2D eigenvalue weighted by atomic mass is 10.1. The molecule has 1 heterocycles. The quantitative estimate of drug-likeness (QED) is 0.456. The molecule has 2 atom stereocenters. The minimum absolute atomic E-state index is 0.242. The summed E-state index contributed by atoms with van der Waals surface area (Å²) in [5.74, 6) is -0.640. The number of nitrogens with two attached hydrogens (primary N) is 1. The van der Waals surface area contributed by atoms with Gasteiger partial charge in [0.05, 0.1) is 39.0 Å². The molecule has 94 valence electrons. The summed E-state index contributed by atoms with van der Waals surface area (Å²) in [5, 5.41) is 0. The van der Waals surface area contributed by atoms with E-state index < -0.39 is 0 Å². The van der Waals surface area contributed by atoms with Gasteiger partial charge in [-0.25, -0.2) is 0 Å². The molecule has 6 heteroatoms. The van der Waals surface area contributed by atoms with Gasteiger partial charge in [-0.15, -0.1) is 0 Å². The SMILES string of the molecule is COCCOCCOC(=O)C1COCC1N. The largest absolute Gasteiger partial charge is 0.463 e. The van der Waals surface area contributed by atoms with E-state index in [9.17, 15) is 4.79 Å². The topological polar surface area (TPSA) is 80.0 Å². The van der Waals surface area contributed by atoms with Gasteiger partial charge in [0, 0.05) is 13.2 Å². The molecule has 1 fully saturated rings. The van der Waals surface area contributed by atoms with Gasteiger partial charge in [0.25, 0.3) is 0 Å². The van der Waals surface area contributed by atoms with Crippen molar-refractivity contribution >= 4 is 5.97 Å². The average molecular weight is 233 g/mol. The summed E-state index contributed by atoms with van der Waals surface area (Å²) in [5.41, 5.74) is 5.68. The van der Waals surface area contributed by atoms with Gasteiger partial charge >= 0.3 is 5.97 Å². The van der Waals surface area contributed by atoms with Crippen LogP contribution in [-0.4, -0.2) is 58.8 Å². The molecule has 0 saturated carbocycles. The van der Waals surface area contributed by atoms with Crippen LogP contribution in [0.4, 0.5) is 0 Å². The van der Waals surface area contributed by atoms with Crippen molar-refractivity contribution in [2.75, 3.05) is 46.8 Å². The summed E-state index contributed by atoms with van der Waals surface area (Å²) in [6, 6.07) is -0.248. The monoisotopic (exact) mass is 233 g/mol. The summed E-state index contributed by atoms with van der Waals surface area (Å²) in [6.07, 6.45) is 0. The van der Waals surface area contributed by atoms with Crippen molar-refractivity contribution in [2.45, 2.75) is 6.04 Å². The van der Waals surface area contributed by atoms with Crippen LogP contribution in [0.5, 0.6) is 0 Å². The van der Waals surface area contributed by atoms with E-state index in [0.717, 1.165) is 0 Å². The molecule has 0 aliphatic carbocycles. The standard InChI is InChI=1S/C10H19NO5/c1-13-2-3-14-4-5-16-10(12)8-6-15-7-9(8)11/h8-9H,2-7,11H2,1H3. The minimum Gasteiger partial charge on any atom is -0.463 e. The Morgan fingerprint density at radius 1 is 1.31 bits per heavy atom. The zero-order valence-electron chi connectivity index (χ0n) is 9.52. The van der Waals surface area contributed by atoms with Gasteiger partial charge in [-0.1, -0.05) is 0 Å². The summed E-state index contributed by atoms with van der Waals surface area (Å²) in [6.45, 7) is 2.42. The van der Waals surface area contributed by atoms with Crippen LogP contribution in [0.25, 0.3) is 0 Å². The predicted octanol–water partition coefficient (Wildman–Crippen LogP) is -0.834. The number of carbonyl (C=O) groups excluding carboxylic acids is 1. The Balaban J connectivity index is 2.02. The molecule has 0 spiro atoms. The Labute approximate surface area is 95.0 Å². The smallest absolute Gasteiger partial charge is 0.313 e. The highest BCUT2D eigenvalue weighted by molar-refractivity contribution is 5.73. The van der Waals surface area contributed by atoms with Crippen molar-refractivity contribution in [2.24, 2.45) is 11.7 Å². The van der Waals surface area contributed by atoms with Crippen LogP contribution in [0.3, 0.4) is 0 Å². The van der Waals surface area contributed by atoms with Crippen LogP contribution in [-0.2, 0) is 23.7 Å². The van der Waals surface area contributed by atoms with Gasteiger partial charge in [0.1, 0.15) is 6.61 Å². The Morgan fingerprint density at radius 3 is 2.69 bits per heavy atom. The summed E-state index contributed by atoms with van der Waals surface area (Å²) >= 11 is 0. The van der Waals surface area contributed by atoms with Gasteiger partial charge < -0.3 is 24.7 Å². The Kier molecular flexibility index (Phi) is 6.32. The molecular formula is C10H19NO5. The maximum atomic E-state index is 11.5. The molecule has 2 unspecified atom stereocenters. The van der Waals surface area contributed by atoms with Crippen LogP contribution >= 0.6 is 0 Å². The van der Waals surface area contributed by atoms with E-state index in [1.165, 1.54) is 0 Å². The highest BCUT2D eigenvalue weighted by Gasteiger charge is 2.32. The van der Waals surface area contributed by atoms with Crippen LogP contribution in [0, 0.1) is 5.92 Å². The van der Waals surface area contributed by atoms with Gasteiger partial charge in [-0.2, -0.15) is 0 Å². The first kappa shape index (κ1) is 13.4. The molecule has 2 N–H and O–H groups in total. The minimum atomic E-state index is -0.334. The second-order valence-corrected chi connectivity index (χ2v) is 3.58. The molecule has 16 heavy (non-hydrogen) atoms. The van der Waals surface area contributed by atoms with Crippen molar-refractivity contribution in [1.29, 1.82) is 0 Å². The second-order valence-electron chi connectivity index (χ2n) is 3.58. The fourth-order valence-electron chi connectivity index (χ4n) is 1.37. The van der Waals surface area contributed by atoms with Gasteiger partial charge in [-0.05, 0) is 0 Å². The molecule has 0 radical (unpaired) electrons. The molecule has 1 aliphatic rings. The second kappa shape index (κ2) is 7.56. The van der Waals surface area contributed by atoms with E-state index in [4.69, 9.17) is 24.7 Å². The van der Waals surface area contributed by atoms with Crippen molar-refractivity contribution in [3.63, 3.8) is 0 Å². The Morgan fingerprint density at radius 2 is 2.06 bits per heavy atom. The number of carbonyl (C=O) groups is 1. The van der Waals surface area contributed by atoms with Crippen molar-refractivity contribution < 1.29 is 23.7 Å². The molecule has 6 nitrogen and oxygen atoms in total. The lowest BCUT2D eigenvalue weighted by molar-refractivity contribution is -0.150. The molecular weight excluding hydrogens is 214 g/mol. The van der Waals surface area contributed by atoms with Gasteiger partial charge in [-0.3, -0.25) is 4.79 Å². The average Bonchev–Trinajstić information content (AvgIpc) is 2.69. The molecule has 1 rings (SSSR count). The fraction of sp³-hybridized carbons (Fsp3) is 0.900. The van der Waals surface area contributed by atoms with E-state index in [1.54, 1.807) is 7.11 Å². The van der Waals surface area contributed by atoms with E-state index >= 15 is 0 Å². The Hall–Kier alpha value is -0.690. The third kappa shape index (κ3) is 4.44. The zero-order chi connectivity index (χ0) is 11.8. The number of esters is 1. The molecule has 0 aromatic heterocycles. The van der Waals surface area contributed by atoms with Crippen LogP contribution in [0.2, 0.25) is 0 Å². The zero-order valence-corrected chi connectivity index (χ0v) is 9.52. The fourth-order valence-corrected chi connectivity index (χ4v) is 1.37. The highest BCUT2D eigenvalue weighted by atomic mass is 16.6. The molecule has 0 bridgehead atoms. The molecule has 1 saturated heterocycles. The number of hydrogen-bond acceptors (Lipinski definition) is 6. The van der Waals surface area contributed by atoms with Crippen LogP contribution in [0.1, 0.15) is 0 Å². The van der Waals surface area contributed by atoms with E-state index in [0.29, 0.717) is 33.0 Å². The maximum Gasteiger partial charge on any atom is 0.313 e. The molecule has 0 aromatic rings. The third-order valence-corrected chi connectivity index (χ3v) is 2.33. The molecule has 1 aliphatic heterocycles. The number of methoxy groups -OCH3 is 1. The van der Waals surface area contributed by atoms with Crippen molar-refractivity contribution in [3.05, 3.63) is 0 Å². The predicted molar refractivity (Wildman–Crippen MR) is 55.9 cm³/mol. The summed E-state index contributed by atoms with van der Waals surface area (Å²) in [7, 11) is 1.60. The van der Waals surface area contributed by atoms with E-state index in [1.807, 2.05) is 0 Å². The highest BCUT2D eigenvalue weighted by Crippen LogP contribution is 2.12. The van der Waals surface area contributed by atoms with Crippen LogP contribution in [0.15, 0.2) is 0 Å². The number of ether oxygens (including phenoxy) is 4. The third-order valence-electron chi connectivity index (χ3n) is 2.33. The first-order valence-electron chi connectivity index (χ1n) is 5.32. The van der Waals surface area contributed by atoms with E-state index in [2.05, 4.69) is 0 Å². The van der Waals surface area contributed by atoms with E-state index in [-0.39, 0.29) is 24.5 Å². The number of rotatable bonds is 7. The maximum absolute atomic E-state index is 11.5. The van der Waals surface area contributed by atoms with Crippen LogP contribution < -0.4 is 5.73 Å². The Bertz CT molecular complexity index is 211. The molecule has 0 aromatic carbocycles. The lowest BCUT2D eigenvalue weighted by Gasteiger charge is -2.12. The number of hydrogen-bond donors (Lipinski definition) is 1. The first-order valence-corrected chi connectivity index (χ1v) is 5.32. The van der Waals surface area contributed by atoms with Crippen molar-refractivity contribution in [1.82, 2.24) is 0 Å².